The number of nitrogens with one attached hydrogen (secondary N) is 2. The van der Waals surface area contributed by atoms with E-state index in [1.54, 1.807) is 24.3 Å². The Hall–Kier alpha value is -2.96. The molecule has 5 nitrogen and oxygen atoms in total. The van der Waals surface area contributed by atoms with Crippen molar-refractivity contribution < 1.29 is 13.2 Å². The van der Waals surface area contributed by atoms with E-state index in [9.17, 15) is 13.2 Å². The van der Waals surface area contributed by atoms with Gasteiger partial charge in [-0.1, -0.05) is 74.5 Å². The molecule has 0 saturated heterocycles. The van der Waals surface area contributed by atoms with E-state index in [0.29, 0.717) is 25.8 Å². The average Bonchev–Trinajstić information content (AvgIpc) is 2.83. The lowest BCUT2D eigenvalue weighted by Crippen LogP contribution is -2.26. The molecule has 2 N–H and O–H groups in total. The Labute approximate surface area is 197 Å². The molecule has 3 rings (SSSR count). The summed E-state index contributed by atoms with van der Waals surface area (Å²) in [4.78, 5) is 12.8. The summed E-state index contributed by atoms with van der Waals surface area (Å²) in [6.07, 6.45) is 3.23. The van der Waals surface area contributed by atoms with Gasteiger partial charge in [0, 0.05) is 18.7 Å². The molecule has 0 atom stereocenters. The highest BCUT2D eigenvalue weighted by molar-refractivity contribution is 7.89. The van der Waals surface area contributed by atoms with Gasteiger partial charge in [0.25, 0.3) is 0 Å². The van der Waals surface area contributed by atoms with E-state index in [1.807, 2.05) is 48.5 Å². The van der Waals surface area contributed by atoms with E-state index in [2.05, 4.69) is 23.9 Å². The van der Waals surface area contributed by atoms with E-state index in [0.717, 1.165) is 40.8 Å². The molecule has 0 aromatic heterocycles. The Balaban J connectivity index is 1.53. The van der Waals surface area contributed by atoms with Crippen molar-refractivity contribution in [2.75, 3.05) is 11.9 Å². The first-order chi connectivity index (χ1) is 15.9. The van der Waals surface area contributed by atoms with Crippen molar-refractivity contribution in [3.8, 4) is 0 Å². The topological polar surface area (TPSA) is 75.3 Å². The number of amides is 1. The SMILES string of the molecule is CCc1cccc(CC)c1NC(=O)CCc1ccc(S(=O)(=O)NCCc2ccccc2)cc1. The highest BCUT2D eigenvalue weighted by Gasteiger charge is 2.14. The van der Waals surface area contributed by atoms with E-state index in [1.165, 1.54) is 0 Å². The first-order valence-corrected chi connectivity index (χ1v) is 12.9. The minimum atomic E-state index is -3.56. The molecular formula is C27H32N2O3S. The van der Waals surface area contributed by atoms with Crippen molar-refractivity contribution in [2.45, 2.75) is 50.8 Å². The summed E-state index contributed by atoms with van der Waals surface area (Å²) in [5.74, 6) is -0.0372. The fourth-order valence-corrected chi connectivity index (χ4v) is 4.79. The Morgan fingerprint density at radius 2 is 1.36 bits per heavy atom. The van der Waals surface area contributed by atoms with Gasteiger partial charge < -0.3 is 5.32 Å². The molecule has 1 amide bonds. The van der Waals surface area contributed by atoms with Gasteiger partial charge in [-0.2, -0.15) is 0 Å². The molecule has 0 aliphatic heterocycles. The molecule has 0 saturated carbocycles. The summed E-state index contributed by atoms with van der Waals surface area (Å²) in [5, 5.41) is 3.08. The minimum absolute atomic E-state index is 0.0372. The summed E-state index contributed by atoms with van der Waals surface area (Å²) in [7, 11) is -3.56. The average molecular weight is 465 g/mol. The van der Waals surface area contributed by atoms with Crippen LogP contribution >= 0.6 is 0 Å². The number of carbonyl (C=O) groups excluding carboxylic acids is 1. The van der Waals surface area contributed by atoms with Gasteiger partial charge in [-0.15, -0.1) is 0 Å². The molecule has 0 fully saturated rings. The van der Waals surface area contributed by atoms with Crippen LogP contribution in [-0.2, 0) is 40.5 Å². The highest BCUT2D eigenvalue weighted by Crippen LogP contribution is 2.23. The number of hydrogen-bond donors (Lipinski definition) is 2. The number of sulfonamides is 1. The lowest BCUT2D eigenvalue weighted by molar-refractivity contribution is -0.116. The van der Waals surface area contributed by atoms with Gasteiger partial charge in [0.15, 0.2) is 0 Å². The third kappa shape index (κ3) is 7.01. The van der Waals surface area contributed by atoms with Gasteiger partial charge in [-0.05, 0) is 60.1 Å². The van der Waals surface area contributed by atoms with Crippen molar-refractivity contribution in [1.82, 2.24) is 4.72 Å². The third-order valence-corrected chi connectivity index (χ3v) is 7.16. The molecule has 0 radical (unpaired) electrons. The van der Waals surface area contributed by atoms with Gasteiger partial charge in [-0.25, -0.2) is 13.1 Å². The molecule has 3 aromatic carbocycles. The number of para-hydroxylation sites is 1. The lowest BCUT2D eigenvalue weighted by atomic mass is 10.0. The van der Waals surface area contributed by atoms with Crippen molar-refractivity contribution in [3.63, 3.8) is 0 Å². The molecule has 0 bridgehead atoms. The van der Waals surface area contributed by atoms with Crippen LogP contribution in [0.25, 0.3) is 0 Å². The Bertz CT molecular complexity index is 1140. The van der Waals surface area contributed by atoms with Gasteiger partial charge in [0.2, 0.25) is 15.9 Å². The van der Waals surface area contributed by atoms with E-state index >= 15 is 0 Å². The quantitative estimate of drug-likeness (QED) is 0.424. The molecule has 33 heavy (non-hydrogen) atoms. The number of anilines is 1. The zero-order valence-corrected chi connectivity index (χ0v) is 20.1. The van der Waals surface area contributed by atoms with Crippen molar-refractivity contribution in [1.29, 1.82) is 0 Å². The van der Waals surface area contributed by atoms with Crippen LogP contribution in [0.4, 0.5) is 5.69 Å². The predicted octanol–water partition coefficient (Wildman–Crippen LogP) is 4.90. The van der Waals surface area contributed by atoms with Crippen LogP contribution in [-0.4, -0.2) is 20.9 Å². The van der Waals surface area contributed by atoms with Gasteiger partial charge >= 0.3 is 0 Å². The Morgan fingerprint density at radius 1 is 0.758 bits per heavy atom. The van der Waals surface area contributed by atoms with Gasteiger partial charge in [0.05, 0.1) is 4.90 Å². The molecule has 6 heteroatoms. The van der Waals surface area contributed by atoms with Crippen molar-refractivity contribution in [2.24, 2.45) is 0 Å². The first-order valence-electron chi connectivity index (χ1n) is 11.5. The maximum atomic E-state index is 12.6. The number of rotatable bonds is 11. The van der Waals surface area contributed by atoms with Gasteiger partial charge in [-0.3, -0.25) is 4.79 Å². The maximum Gasteiger partial charge on any atom is 0.240 e. The summed E-state index contributed by atoms with van der Waals surface area (Å²) in [5.41, 5.74) is 5.21. The minimum Gasteiger partial charge on any atom is -0.326 e. The van der Waals surface area contributed by atoms with Crippen LogP contribution < -0.4 is 10.0 Å². The highest BCUT2D eigenvalue weighted by atomic mass is 32.2. The van der Waals surface area contributed by atoms with Crippen LogP contribution in [0, 0.1) is 0 Å². The Kier molecular flexibility index (Phi) is 8.80. The molecule has 3 aromatic rings. The van der Waals surface area contributed by atoms with Crippen molar-refractivity contribution >= 4 is 21.6 Å². The van der Waals surface area contributed by atoms with E-state index in [4.69, 9.17) is 0 Å². The van der Waals surface area contributed by atoms with Crippen LogP contribution in [0.15, 0.2) is 77.7 Å². The second kappa shape index (κ2) is 11.8. The second-order valence-corrected chi connectivity index (χ2v) is 9.75. The van der Waals surface area contributed by atoms with Crippen LogP contribution in [0.2, 0.25) is 0 Å². The molecule has 0 unspecified atom stereocenters. The Morgan fingerprint density at radius 3 is 1.97 bits per heavy atom. The molecule has 0 spiro atoms. The van der Waals surface area contributed by atoms with E-state index < -0.39 is 10.0 Å². The summed E-state index contributed by atoms with van der Waals surface area (Å²) >= 11 is 0. The molecule has 174 valence electrons. The predicted molar refractivity (Wildman–Crippen MR) is 134 cm³/mol. The molecular weight excluding hydrogens is 432 g/mol. The fourth-order valence-electron chi connectivity index (χ4n) is 3.76. The summed E-state index contributed by atoms with van der Waals surface area (Å²) < 4.78 is 27.7. The smallest absolute Gasteiger partial charge is 0.240 e. The molecule has 0 aliphatic carbocycles. The summed E-state index contributed by atoms with van der Waals surface area (Å²) in [6.45, 7) is 4.50. The zero-order valence-electron chi connectivity index (χ0n) is 19.3. The lowest BCUT2D eigenvalue weighted by Gasteiger charge is -2.14. The maximum absolute atomic E-state index is 12.6. The third-order valence-electron chi connectivity index (χ3n) is 5.69. The van der Waals surface area contributed by atoms with Crippen LogP contribution in [0.3, 0.4) is 0 Å². The number of hydrogen-bond acceptors (Lipinski definition) is 3. The summed E-state index contributed by atoms with van der Waals surface area (Å²) in [6, 6.07) is 22.6. The molecule has 0 aliphatic rings. The van der Waals surface area contributed by atoms with Crippen LogP contribution in [0.1, 0.15) is 42.5 Å². The first kappa shape index (κ1) is 24.7. The van der Waals surface area contributed by atoms with Crippen molar-refractivity contribution in [3.05, 3.63) is 95.1 Å². The normalized spacial score (nSPS) is 11.3. The van der Waals surface area contributed by atoms with E-state index in [-0.39, 0.29) is 10.8 Å². The number of aryl methyl sites for hydroxylation is 3. The fraction of sp³-hybridized carbons (Fsp3) is 0.296. The van der Waals surface area contributed by atoms with Gasteiger partial charge in [0.1, 0.15) is 0 Å². The zero-order chi connectivity index (χ0) is 23.7. The second-order valence-electron chi connectivity index (χ2n) is 7.98. The largest absolute Gasteiger partial charge is 0.326 e. The standard InChI is InChI=1S/C27H32N2O3S/c1-3-23-11-8-12-24(4-2)27(23)29-26(30)18-15-22-13-16-25(17-14-22)33(31,32)28-20-19-21-9-6-5-7-10-21/h5-14,16-17,28H,3-4,15,18-20H2,1-2H3,(H,29,30). The monoisotopic (exact) mass is 464 g/mol. The number of carbonyl (C=O) groups is 1. The van der Waals surface area contributed by atoms with Crippen LogP contribution in [0.5, 0.6) is 0 Å². The number of benzene rings is 3. The molecule has 0 heterocycles.